The molecule has 0 aliphatic heterocycles. The smallest absolute Gasteiger partial charge is 0.0373 e. The fraction of sp³-hybridized carbons (Fsp3) is 0.222. The van der Waals surface area contributed by atoms with Gasteiger partial charge in [0.1, 0.15) is 0 Å². The van der Waals surface area contributed by atoms with Crippen LogP contribution >= 0.6 is 0 Å². The van der Waals surface area contributed by atoms with Crippen molar-refractivity contribution in [1.82, 2.24) is 4.98 Å². The zero-order valence-corrected chi connectivity index (χ0v) is 6.62. The maximum Gasteiger partial charge on any atom is 0.0373 e. The lowest BCUT2D eigenvalue weighted by molar-refractivity contribution is 1.19. The molecule has 58 valence electrons. The van der Waals surface area contributed by atoms with Crippen LogP contribution < -0.4 is 5.73 Å². The van der Waals surface area contributed by atoms with E-state index >= 15 is 0 Å². The van der Waals surface area contributed by atoms with Crippen molar-refractivity contribution in [2.75, 3.05) is 6.54 Å². The van der Waals surface area contributed by atoms with E-state index in [1.165, 1.54) is 0 Å². The molecule has 0 spiro atoms. The molecule has 0 bridgehead atoms. The van der Waals surface area contributed by atoms with Crippen LogP contribution in [0.1, 0.15) is 11.3 Å². The minimum atomic E-state index is 0.577. The topological polar surface area (TPSA) is 38.9 Å². The second-order valence-electron chi connectivity index (χ2n) is 2.37. The average molecular weight is 148 g/mol. The lowest BCUT2D eigenvalue weighted by Gasteiger charge is -1.92. The molecule has 2 nitrogen and oxygen atoms in total. The Labute approximate surface area is 66.8 Å². The van der Waals surface area contributed by atoms with Crippen molar-refractivity contribution in [2.24, 2.45) is 5.73 Å². The number of rotatable bonds is 2. The molecule has 11 heavy (non-hydrogen) atoms. The lowest BCUT2D eigenvalue weighted by atomic mass is 10.2. The zero-order chi connectivity index (χ0) is 8.10. The Hall–Kier alpha value is -1.15. The summed E-state index contributed by atoms with van der Waals surface area (Å²) in [5.41, 5.74) is 7.43. The number of nitrogens with two attached hydrogens (primary N) is 1. The van der Waals surface area contributed by atoms with E-state index in [2.05, 4.69) is 4.98 Å². The Kier molecular flexibility index (Phi) is 2.81. The van der Waals surface area contributed by atoms with Gasteiger partial charge in [-0.05, 0) is 18.6 Å². The molecule has 0 saturated carbocycles. The van der Waals surface area contributed by atoms with Crippen LogP contribution in [0.4, 0.5) is 0 Å². The van der Waals surface area contributed by atoms with E-state index in [0.717, 1.165) is 11.3 Å². The number of aromatic nitrogens is 1. The predicted octanol–water partition coefficient (Wildman–Crippen LogP) is 1.36. The van der Waals surface area contributed by atoms with Crippen LogP contribution in [0.3, 0.4) is 0 Å². The van der Waals surface area contributed by atoms with Crippen LogP contribution in [0.25, 0.3) is 6.08 Å². The van der Waals surface area contributed by atoms with Gasteiger partial charge in [-0.1, -0.05) is 18.2 Å². The Morgan fingerprint density at radius 2 is 2.36 bits per heavy atom. The van der Waals surface area contributed by atoms with Crippen molar-refractivity contribution in [3.8, 4) is 0 Å². The van der Waals surface area contributed by atoms with Crippen molar-refractivity contribution in [3.63, 3.8) is 0 Å². The molecule has 0 aliphatic rings. The summed E-state index contributed by atoms with van der Waals surface area (Å²) >= 11 is 0. The van der Waals surface area contributed by atoms with E-state index in [4.69, 9.17) is 5.73 Å². The standard InChI is InChI=1S/C9H12N2/c1-8-4-5-9(7-11-8)3-2-6-10/h2-5,7H,6,10H2,1H3. The van der Waals surface area contributed by atoms with E-state index in [0.29, 0.717) is 6.54 Å². The molecule has 0 atom stereocenters. The third kappa shape index (κ3) is 2.51. The van der Waals surface area contributed by atoms with E-state index in [-0.39, 0.29) is 0 Å². The Morgan fingerprint density at radius 1 is 1.55 bits per heavy atom. The maximum absolute atomic E-state index is 5.30. The van der Waals surface area contributed by atoms with E-state index in [1.807, 2.05) is 37.4 Å². The number of hydrogen-bond acceptors (Lipinski definition) is 2. The van der Waals surface area contributed by atoms with Gasteiger partial charge in [-0.3, -0.25) is 4.98 Å². The molecule has 2 N–H and O–H groups in total. The molecule has 1 aromatic heterocycles. The molecule has 2 heteroatoms. The summed E-state index contributed by atoms with van der Waals surface area (Å²) < 4.78 is 0. The minimum Gasteiger partial charge on any atom is -0.327 e. The first kappa shape index (κ1) is 7.95. The molecular formula is C9H12N2. The largest absolute Gasteiger partial charge is 0.327 e. The van der Waals surface area contributed by atoms with E-state index < -0.39 is 0 Å². The first-order chi connectivity index (χ1) is 5.33. The van der Waals surface area contributed by atoms with Crippen LogP contribution in [0.15, 0.2) is 24.4 Å². The first-order valence-corrected chi connectivity index (χ1v) is 3.62. The SMILES string of the molecule is Cc1ccc(C=CCN)cn1. The molecule has 0 unspecified atom stereocenters. The second-order valence-corrected chi connectivity index (χ2v) is 2.37. The fourth-order valence-corrected chi connectivity index (χ4v) is 0.782. The Morgan fingerprint density at radius 3 is 2.91 bits per heavy atom. The average Bonchev–Trinajstić information content (AvgIpc) is 2.04. The third-order valence-corrected chi connectivity index (χ3v) is 1.38. The van der Waals surface area contributed by atoms with Crippen molar-refractivity contribution in [2.45, 2.75) is 6.92 Å². The Balaban J connectivity index is 2.73. The van der Waals surface area contributed by atoms with Gasteiger partial charge < -0.3 is 5.73 Å². The minimum absolute atomic E-state index is 0.577. The highest BCUT2D eigenvalue weighted by atomic mass is 14.6. The summed E-state index contributed by atoms with van der Waals surface area (Å²) in [6, 6.07) is 4.00. The second kappa shape index (κ2) is 3.88. The van der Waals surface area contributed by atoms with Gasteiger partial charge in [0.05, 0.1) is 0 Å². The number of hydrogen-bond donors (Lipinski definition) is 1. The zero-order valence-electron chi connectivity index (χ0n) is 6.62. The van der Waals surface area contributed by atoms with Gasteiger partial charge in [-0.2, -0.15) is 0 Å². The fourth-order valence-electron chi connectivity index (χ4n) is 0.782. The summed E-state index contributed by atoms with van der Waals surface area (Å²) in [7, 11) is 0. The maximum atomic E-state index is 5.30. The molecular weight excluding hydrogens is 136 g/mol. The monoisotopic (exact) mass is 148 g/mol. The van der Waals surface area contributed by atoms with Crippen LogP contribution in [0.5, 0.6) is 0 Å². The lowest BCUT2D eigenvalue weighted by Crippen LogP contribution is -1.92. The highest BCUT2D eigenvalue weighted by molar-refractivity contribution is 5.47. The molecule has 0 aromatic carbocycles. The van der Waals surface area contributed by atoms with E-state index in [1.54, 1.807) is 0 Å². The summed E-state index contributed by atoms with van der Waals surface area (Å²) in [5, 5.41) is 0. The van der Waals surface area contributed by atoms with Crippen molar-refractivity contribution in [3.05, 3.63) is 35.7 Å². The van der Waals surface area contributed by atoms with Gasteiger partial charge in [0.2, 0.25) is 0 Å². The highest BCUT2D eigenvalue weighted by Gasteiger charge is 1.85. The molecule has 0 fully saturated rings. The van der Waals surface area contributed by atoms with Gasteiger partial charge in [-0.15, -0.1) is 0 Å². The van der Waals surface area contributed by atoms with Gasteiger partial charge in [0.15, 0.2) is 0 Å². The Bertz CT molecular complexity index is 236. The molecule has 0 saturated heterocycles. The molecule has 1 aromatic rings. The molecule has 0 radical (unpaired) electrons. The van der Waals surface area contributed by atoms with Crippen molar-refractivity contribution < 1.29 is 0 Å². The van der Waals surface area contributed by atoms with Gasteiger partial charge in [-0.25, -0.2) is 0 Å². The van der Waals surface area contributed by atoms with Gasteiger partial charge in [0.25, 0.3) is 0 Å². The van der Waals surface area contributed by atoms with Gasteiger partial charge in [0, 0.05) is 18.4 Å². The van der Waals surface area contributed by atoms with Crippen LogP contribution in [0.2, 0.25) is 0 Å². The highest BCUT2D eigenvalue weighted by Crippen LogP contribution is 2.00. The molecule has 0 aliphatic carbocycles. The van der Waals surface area contributed by atoms with Crippen molar-refractivity contribution in [1.29, 1.82) is 0 Å². The van der Waals surface area contributed by atoms with E-state index in [9.17, 15) is 0 Å². The van der Waals surface area contributed by atoms with Crippen molar-refractivity contribution >= 4 is 6.08 Å². The predicted molar refractivity (Wildman–Crippen MR) is 47.1 cm³/mol. The van der Waals surface area contributed by atoms with Gasteiger partial charge >= 0.3 is 0 Å². The number of pyridine rings is 1. The first-order valence-electron chi connectivity index (χ1n) is 3.62. The molecule has 0 amide bonds. The number of nitrogens with zero attached hydrogens (tertiary/aromatic N) is 1. The normalized spacial score (nSPS) is 10.7. The summed E-state index contributed by atoms with van der Waals surface area (Å²) in [4.78, 5) is 4.14. The van der Waals surface area contributed by atoms with Crippen LogP contribution in [0, 0.1) is 6.92 Å². The van der Waals surface area contributed by atoms with Crippen LogP contribution in [-0.4, -0.2) is 11.5 Å². The summed E-state index contributed by atoms with van der Waals surface area (Å²) in [6.45, 7) is 2.55. The quantitative estimate of drug-likeness (QED) is 0.687. The van der Waals surface area contributed by atoms with Crippen LogP contribution in [-0.2, 0) is 0 Å². The third-order valence-electron chi connectivity index (χ3n) is 1.38. The summed E-state index contributed by atoms with van der Waals surface area (Å²) in [6.07, 6.45) is 5.71. The summed E-state index contributed by atoms with van der Waals surface area (Å²) in [5.74, 6) is 0. The molecule has 1 heterocycles. The number of aryl methyl sites for hydroxylation is 1. The molecule has 1 rings (SSSR count).